The van der Waals surface area contributed by atoms with Gasteiger partial charge in [0, 0.05) is 6.42 Å². The van der Waals surface area contributed by atoms with Gasteiger partial charge in [-0.15, -0.1) is 0 Å². The molecule has 0 radical (unpaired) electrons. The summed E-state index contributed by atoms with van der Waals surface area (Å²) in [7, 11) is 1.33. The SMILES string of the molecule is COC(=O)c1ccccc1OCCc1ccc(OCC(=O)O)cc1. The average Bonchev–Trinajstić information content (AvgIpc) is 2.60. The molecule has 0 spiro atoms. The number of benzene rings is 2. The highest BCUT2D eigenvalue weighted by Crippen LogP contribution is 2.19. The van der Waals surface area contributed by atoms with Crippen LogP contribution in [0.5, 0.6) is 11.5 Å². The molecule has 6 nitrogen and oxygen atoms in total. The molecule has 0 aliphatic heterocycles. The molecule has 0 aromatic heterocycles. The number of carbonyl (C=O) groups is 2. The fourth-order valence-corrected chi connectivity index (χ4v) is 2.05. The summed E-state index contributed by atoms with van der Waals surface area (Å²) in [6.07, 6.45) is 0.634. The summed E-state index contributed by atoms with van der Waals surface area (Å²) in [5.74, 6) is -0.480. The van der Waals surface area contributed by atoms with Gasteiger partial charge in [-0.1, -0.05) is 24.3 Å². The van der Waals surface area contributed by atoms with Crippen molar-refractivity contribution < 1.29 is 28.9 Å². The van der Waals surface area contributed by atoms with E-state index in [9.17, 15) is 9.59 Å². The third-order valence-corrected chi connectivity index (χ3v) is 3.23. The lowest BCUT2D eigenvalue weighted by atomic mass is 10.1. The summed E-state index contributed by atoms with van der Waals surface area (Å²) >= 11 is 0. The van der Waals surface area contributed by atoms with Gasteiger partial charge in [0.05, 0.1) is 13.7 Å². The van der Waals surface area contributed by atoms with Gasteiger partial charge < -0.3 is 19.3 Å². The molecule has 2 aromatic rings. The van der Waals surface area contributed by atoms with Gasteiger partial charge in [0.25, 0.3) is 0 Å². The van der Waals surface area contributed by atoms with E-state index in [1.165, 1.54) is 7.11 Å². The first-order chi connectivity index (χ1) is 11.6. The molecule has 0 unspecified atom stereocenters. The highest BCUT2D eigenvalue weighted by molar-refractivity contribution is 5.92. The van der Waals surface area contributed by atoms with Crippen LogP contribution < -0.4 is 9.47 Å². The van der Waals surface area contributed by atoms with Gasteiger partial charge >= 0.3 is 11.9 Å². The van der Waals surface area contributed by atoms with Crippen molar-refractivity contribution in [3.8, 4) is 11.5 Å². The minimum Gasteiger partial charge on any atom is -0.492 e. The molecular weight excluding hydrogens is 312 g/mol. The van der Waals surface area contributed by atoms with Gasteiger partial charge in [-0.3, -0.25) is 0 Å². The van der Waals surface area contributed by atoms with Crippen LogP contribution in [-0.2, 0) is 16.0 Å². The molecule has 0 atom stereocenters. The van der Waals surface area contributed by atoms with Crippen molar-refractivity contribution in [2.45, 2.75) is 6.42 Å². The molecule has 0 saturated heterocycles. The van der Waals surface area contributed by atoms with Gasteiger partial charge in [-0.2, -0.15) is 0 Å². The maximum absolute atomic E-state index is 11.7. The Hall–Kier alpha value is -3.02. The predicted molar refractivity (Wildman–Crippen MR) is 86.6 cm³/mol. The van der Waals surface area contributed by atoms with Crippen molar-refractivity contribution in [3.05, 3.63) is 59.7 Å². The molecule has 0 bridgehead atoms. The Kier molecular flexibility index (Phi) is 6.19. The van der Waals surface area contributed by atoms with Gasteiger partial charge in [-0.25, -0.2) is 9.59 Å². The fourth-order valence-electron chi connectivity index (χ4n) is 2.05. The Balaban J connectivity index is 1.88. The Morgan fingerprint density at radius 1 is 1.00 bits per heavy atom. The van der Waals surface area contributed by atoms with Crippen molar-refractivity contribution in [2.24, 2.45) is 0 Å². The van der Waals surface area contributed by atoms with E-state index in [1.807, 2.05) is 12.1 Å². The molecule has 0 aliphatic rings. The third kappa shape index (κ3) is 5.01. The number of hydrogen-bond donors (Lipinski definition) is 1. The van der Waals surface area contributed by atoms with Crippen LogP contribution in [0, 0.1) is 0 Å². The molecule has 0 saturated carbocycles. The molecule has 24 heavy (non-hydrogen) atoms. The second-order valence-electron chi connectivity index (χ2n) is 4.91. The molecule has 126 valence electrons. The zero-order valence-corrected chi connectivity index (χ0v) is 13.2. The molecule has 0 aliphatic carbocycles. The van der Waals surface area contributed by atoms with Crippen LogP contribution >= 0.6 is 0 Å². The Labute approximate surface area is 139 Å². The van der Waals surface area contributed by atoms with Gasteiger partial charge in [0.1, 0.15) is 17.1 Å². The zero-order chi connectivity index (χ0) is 17.4. The lowest BCUT2D eigenvalue weighted by Gasteiger charge is -2.10. The van der Waals surface area contributed by atoms with Crippen molar-refractivity contribution in [1.29, 1.82) is 0 Å². The largest absolute Gasteiger partial charge is 0.492 e. The van der Waals surface area contributed by atoms with Gasteiger partial charge in [0.2, 0.25) is 0 Å². The number of ether oxygens (including phenoxy) is 3. The van der Waals surface area contributed by atoms with E-state index in [2.05, 4.69) is 0 Å². The van der Waals surface area contributed by atoms with E-state index in [0.717, 1.165) is 5.56 Å². The van der Waals surface area contributed by atoms with E-state index in [4.69, 9.17) is 19.3 Å². The number of carbonyl (C=O) groups excluding carboxylic acids is 1. The van der Waals surface area contributed by atoms with E-state index < -0.39 is 11.9 Å². The molecular formula is C18H18O6. The van der Waals surface area contributed by atoms with Crippen LogP contribution in [0.3, 0.4) is 0 Å². The number of rotatable bonds is 8. The summed E-state index contributed by atoms with van der Waals surface area (Å²) in [5, 5.41) is 8.56. The van der Waals surface area contributed by atoms with Gasteiger partial charge in [-0.05, 0) is 29.8 Å². The summed E-state index contributed by atoms with van der Waals surface area (Å²) in [5.41, 5.74) is 1.39. The number of hydrogen-bond acceptors (Lipinski definition) is 5. The summed E-state index contributed by atoms with van der Waals surface area (Å²) in [4.78, 5) is 22.1. The quantitative estimate of drug-likeness (QED) is 0.749. The van der Waals surface area contributed by atoms with Crippen molar-refractivity contribution in [1.82, 2.24) is 0 Å². The average molecular weight is 330 g/mol. The first-order valence-electron chi connectivity index (χ1n) is 7.34. The number of carboxylic acids is 1. The Morgan fingerprint density at radius 2 is 1.71 bits per heavy atom. The van der Waals surface area contributed by atoms with Crippen LogP contribution in [0.4, 0.5) is 0 Å². The minimum atomic E-state index is -1.02. The maximum Gasteiger partial charge on any atom is 0.341 e. The number of methoxy groups -OCH3 is 1. The number of carboxylic acid groups (broad SMARTS) is 1. The summed E-state index contributed by atoms with van der Waals surface area (Å²) in [6, 6.07) is 14.0. The third-order valence-electron chi connectivity index (χ3n) is 3.23. The topological polar surface area (TPSA) is 82.1 Å². The molecule has 2 rings (SSSR count). The number of para-hydroxylation sites is 1. The Morgan fingerprint density at radius 3 is 2.38 bits per heavy atom. The second kappa shape index (κ2) is 8.57. The normalized spacial score (nSPS) is 10.0. The van der Waals surface area contributed by atoms with Crippen molar-refractivity contribution >= 4 is 11.9 Å². The Bertz CT molecular complexity index is 693. The molecule has 0 fully saturated rings. The fraction of sp³-hybridized carbons (Fsp3) is 0.222. The lowest BCUT2D eigenvalue weighted by molar-refractivity contribution is -0.139. The van der Waals surface area contributed by atoms with Crippen LogP contribution in [0.25, 0.3) is 0 Å². The van der Waals surface area contributed by atoms with Crippen molar-refractivity contribution in [2.75, 3.05) is 20.3 Å². The second-order valence-corrected chi connectivity index (χ2v) is 4.91. The molecule has 6 heteroatoms. The van der Waals surface area contributed by atoms with Gasteiger partial charge in [0.15, 0.2) is 6.61 Å². The maximum atomic E-state index is 11.7. The molecule has 0 heterocycles. The van der Waals surface area contributed by atoms with Crippen LogP contribution in [-0.4, -0.2) is 37.4 Å². The highest BCUT2D eigenvalue weighted by atomic mass is 16.5. The number of esters is 1. The monoisotopic (exact) mass is 330 g/mol. The van der Waals surface area contributed by atoms with Crippen LogP contribution in [0.15, 0.2) is 48.5 Å². The summed E-state index contributed by atoms with van der Waals surface area (Å²) < 4.78 is 15.5. The smallest absolute Gasteiger partial charge is 0.341 e. The first-order valence-corrected chi connectivity index (χ1v) is 7.34. The van der Waals surface area contributed by atoms with Crippen molar-refractivity contribution in [3.63, 3.8) is 0 Å². The van der Waals surface area contributed by atoms with Crippen LogP contribution in [0.2, 0.25) is 0 Å². The highest BCUT2D eigenvalue weighted by Gasteiger charge is 2.11. The standard InChI is InChI=1S/C18H18O6/c1-22-18(21)15-4-2-3-5-16(15)23-11-10-13-6-8-14(9-7-13)24-12-17(19)20/h2-9H,10-12H2,1H3,(H,19,20). The first kappa shape index (κ1) is 17.3. The predicted octanol–water partition coefficient (Wildman–Crippen LogP) is 2.56. The summed E-state index contributed by atoms with van der Waals surface area (Å²) in [6.45, 7) is 0.0239. The zero-order valence-electron chi connectivity index (χ0n) is 13.2. The number of aliphatic carboxylic acids is 1. The van der Waals surface area contributed by atoms with E-state index >= 15 is 0 Å². The minimum absolute atomic E-state index is 0.368. The van der Waals surface area contributed by atoms with E-state index in [1.54, 1.807) is 36.4 Å². The molecule has 0 amide bonds. The molecule has 2 aromatic carbocycles. The van der Waals surface area contributed by atoms with Crippen LogP contribution in [0.1, 0.15) is 15.9 Å². The van der Waals surface area contributed by atoms with E-state index in [-0.39, 0.29) is 6.61 Å². The van der Waals surface area contributed by atoms with E-state index in [0.29, 0.717) is 30.1 Å². The lowest BCUT2D eigenvalue weighted by Crippen LogP contribution is -2.09. The molecule has 1 N–H and O–H groups in total.